The lowest BCUT2D eigenvalue weighted by Crippen LogP contribution is -2.47. The molecule has 2 aliphatic heterocycles. The minimum Gasteiger partial charge on any atom is -0.375 e. The molecule has 148 valence electrons. The van der Waals surface area contributed by atoms with Crippen LogP contribution in [-0.4, -0.2) is 73.6 Å². The molecule has 0 saturated carbocycles. The van der Waals surface area contributed by atoms with E-state index in [1.807, 2.05) is 24.3 Å². The molecular formula is C20H28ClN3O3. The Morgan fingerprint density at radius 1 is 1.30 bits per heavy atom. The lowest BCUT2D eigenvalue weighted by molar-refractivity contribution is -0.134. The Labute approximate surface area is 165 Å². The predicted molar refractivity (Wildman–Crippen MR) is 105 cm³/mol. The number of hydrogen-bond donors (Lipinski definition) is 1. The van der Waals surface area contributed by atoms with Crippen LogP contribution in [-0.2, 0) is 20.7 Å². The summed E-state index contributed by atoms with van der Waals surface area (Å²) in [6.07, 6.45) is 2.31. The third-order valence-electron chi connectivity index (χ3n) is 5.34. The zero-order valence-electron chi connectivity index (χ0n) is 16.0. The van der Waals surface area contributed by atoms with Crippen LogP contribution in [0.25, 0.3) is 0 Å². The number of nitrogens with zero attached hydrogens (tertiary/aromatic N) is 2. The van der Waals surface area contributed by atoms with E-state index in [2.05, 4.69) is 10.2 Å². The summed E-state index contributed by atoms with van der Waals surface area (Å²) in [6.45, 7) is 2.19. The molecule has 0 spiro atoms. The molecule has 2 aliphatic rings. The summed E-state index contributed by atoms with van der Waals surface area (Å²) in [5, 5.41) is 3.85. The van der Waals surface area contributed by atoms with Crippen LogP contribution < -0.4 is 5.32 Å². The van der Waals surface area contributed by atoms with Gasteiger partial charge in [0, 0.05) is 50.7 Å². The second-order valence-electron chi connectivity index (χ2n) is 7.65. The molecular weight excluding hydrogens is 366 g/mol. The van der Waals surface area contributed by atoms with Crippen molar-refractivity contribution in [1.29, 1.82) is 0 Å². The Hall–Kier alpha value is -1.63. The van der Waals surface area contributed by atoms with E-state index in [4.69, 9.17) is 16.3 Å². The third kappa shape index (κ3) is 5.43. The monoisotopic (exact) mass is 393 g/mol. The van der Waals surface area contributed by atoms with Crippen molar-refractivity contribution in [1.82, 2.24) is 15.1 Å². The highest BCUT2D eigenvalue weighted by Crippen LogP contribution is 2.25. The molecule has 0 bridgehead atoms. The number of nitrogens with one attached hydrogen (secondary N) is 1. The Kier molecular flexibility index (Phi) is 6.73. The fourth-order valence-electron chi connectivity index (χ4n) is 3.80. The first-order valence-electron chi connectivity index (χ1n) is 9.51. The molecule has 0 unspecified atom stereocenters. The molecule has 3 atom stereocenters. The number of morpholine rings is 1. The van der Waals surface area contributed by atoms with Gasteiger partial charge < -0.3 is 15.0 Å². The highest BCUT2D eigenvalue weighted by Gasteiger charge is 2.38. The van der Waals surface area contributed by atoms with Gasteiger partial charge in [-0.05, 0) is 24.5 Å². The van der Waals surface area contributed by atoms with Gasteiger partial charge in [-0.15, -0.1) is 0 Å². The normalized spacial score (nSPS) is 25.1. The molecule has 0 aromatic heterocycles. The number of ether oxygens (including phenoxy) is 1. The molecule has 0 aliphatic carbocycles. The highest BCUT2D eigenvalue weighted by atomic mass is 35.5. The molecule has 1 aromatic carbocycles. The number of aryl methyl sites for hydroxylation is 1. The van der Waals surface area contributed by atoms with Gasteiger partial charge in [-0.1, -0.05) is 29.8 Å². The molecule has 2 fully saturated rings. The Bertz CT molecular complexity index is 682. The lowest BCUT2D eigenvalue weighted by atomic mass is 10.1. The first-order chi connectivity index (χ1) is 12.9. The number of fused-ring (bicyclic) bond motifs is 1. The molecule has 2 saturated heterocycles. The van der Waals surface area contributed by atoms with Crippen LogP contribution in [0.15, 0.2) is 24.3 Å². The number of carbonyl (C=O) groups is 2. The van der Waals surface area contributed by atoms with Gasteiger partial charge >= 0.3 is 0 Å². The van der Waals surface area contributed by atoms with Gasteiger partial charge in [0.05, 0.1) is 19.1 Å². The fourth-order valence-corrected chi connectivity index (χ4v) is 4.03. The summed E-state index contributed by atoms with van der Waals surface area (Å²) in [5.74, 6) is 0.141. The minimum absolute atomic E-state index is 0.0556. The van der Waals surface area contributed by atoms with E-state index in [-0.39, 0.29) is 24.0 Å². The van der Waals surface area contributed by atoms with Gasteiger partial charge in [0.25, 0.3) is 0 Å². The maximum atomic E-state index is 12.3. The van der Waals surface area contributed by atoms with Crippen molar-refractivity contribution in [2.75, 3.05) is 33.8 Å². The highest BCUT2D eigenvalue weighted by molar-refractivity contribution is 6.31. The molecule has 27 heavy (non-hydrogen) atoms. The van der Waals surface area contributed by atoms with E-state index < -0.39 is 0 Å². The van der Waals surface area contributed by atoms with Crippen LogP contribution in [0.1, 0.15) is 24.8 Å². The van der Waals surface area contributed by atoms with Crippen molar-refractivity contribution in [3.8, 4) is 0 Å². The quantitative estimate of drug-likeness (QED) is 0.799. The number of hydrogen-bond acceptors (Lipinski definition) is 4. The SMILES string of the molecule is CN(C)C(=O)C[C@H]1CN2C[C@@H](NC(=O)CCc3ccccc3Cl)C[C@H]2CO1. The van der Waals surface area contributed by atoms with Crippen LogP contribution in [0, 0.1) is 0 Å². The minimum atomic E-state index is -0.0641. The Morgan fingerprint density at radius 3 is 2.81 bits per heavy atom. The number of halogens is 1. The average molecular weight is 394 g/mol. The van der Waals surface area contributed by atoms with Gasteiger partial charge in [0.2, 0.25) is 11.8 Å². The van der Waals surface area contributed by atoms with Crippen molar-refractivity contribution in [3.05, 3.63) is 34.9 Å². The summed E-state index contributed by atoms with van der Waals surface area (Å²) < 4.78 is 5.87. The number of amides is 2. The molecule has 1 aromatic rings. The van der Waals surface area contributed by atoms with Crippen molar-refractivity contribution in [2.45, 2.75) is 43.9 Å². The molecule has 2 amide bonds. The average Bonchev–Trinajstić information content (AvgIpc) is 3.02. The van der Waals surface area contributed by atoms with Crippen LogP contribution in [0.5, 0.6) is 0 Å². The molecule has 6 nitrogen and oxygen atoms in total. The summed E-state index contributed by atoms with van der Waals surface area (Å²) in [6, 6.07) is 8.09. The van der Waals surface area contributed by atoms with E-state index in [0.717, 1.165) is 25.1 Å². The first kappa shape index (κ1) is 20.1. The van der Waals surface area contributed by atoms with E-state index in [1.165, 1.54) is 0 Å². The number of benzene rings is 1. The van der Waals surface area contributed by atoms with Crippen LogP contribution in [0.4, 0.5) is 0 Å². The maximum Gasteiger partial charge on any atom is 0.224 e. The summed E-state index contributed by atoms with van der Waals surface area (Å²) >= 11 is 6.15. The largest absolute Gasteiger partial charge is 0.375 e. The van der Waals surface area contributed by atoms with E-state index in [1.54, 1.807) is 19.0 Å². The molecule has 3 rings (SSSR count). The summed E-state index contributed by atoms with van der Waals surface area (Å²) in [5.41, 5.74) is 1.000. The number of rotatable bonds is 6. The second-order valence-corrected chi connectivity index (χ2v) is 8.05. The van der Waals surface area contributed by atoms with E-state index in [0.29, 0.717) is 36.9 Å². The molecule has 0 radical (unpaired) electrons. The van der Waals surface area contributed by atoms with Gasteiger partial charge in [0.1, 0.15) is 0 Å². The molecule has 2 heterocycles. The Balaban J connectivity index is 1.43. The third-order valence-corrected chi connectivity index (χ3v) is 5.70. The zero-order chi connectivity index (χ0) is 19.4. The second kappa shape index (κ2) is 9.04. The van der Waals surface area contributed by atoms with Crippen molar-refractivity contribution < 1.29 is 14.3 Å². The zero-order valence-corrected chi connectivity index (χ0v) is 16.7. The standard InChI is InChI=1S/C20H28ClN3O3/c1-23(2)20(26)10-17-12-24-11-15(9-16(24)13-27-17)22-19(25)8-7-14-5-3-4-6-18(14)21/h3-6,15-17H,7-13H2,1-2H3,(H,22,25)/t15-,16-,17-/m0/s1. The number of carbonyl (C=O) groups excluding carboxylic acids is 2. The van der Waals surface area contributed by atoms with Crippen molar-refractivity contribution >= 4 is 23.4 Å². The summed E-state index contributed by atoms with van der Waals surface area (Å²) in [7, 11) is 3.52. The topological polar surface area (TPSA) is 61.9 Å². The van der Waals surface area contributed by atoms with E-state index >= 15 is 0 Å². The molecule has 7 heteroatoms. The smallest absolute Gasteiger partial charge is 0.224 e. The lowest BCUT2D eigenvalue weighted by Gasteiger charge is -2.35. The van der Waals surface area contributed by atoms with Gasteiger partial charge in [0.15, 0.2) is 0 Å². The van der Waals surface area contributed by atoms with Gasteiger partial charge in [-0.3, -0.25) is 14.5 Å². The predicted octanol–water partition coefficient (Wildman–Crippen LogP) is 1.71. The van der Waals surface area contributed by atoms with Crippen LogP contribution in [0.3, 0.4) is 0 Å². The van der Waals surface area contributed by atoms with Gasteiger partial charge in [-0.25, -0.2) is 0 Å². The van der Waals surface area contributed by atoms with Crippen molar-refractivity contribution in [2.24, 2.45) is 0 Å². The first-order valence-corrected chi connectivity index (χ1v) is 9.88. The van der Waals surface area contributed by atoms with E-state index in [9.17, 15) is 9.59 Å². The summed E-state index contributed by atoms with van der Waals surface area (Å²) in [4.78, 5) is 28.1. The Morgan fingerprint density at radius 2 is 2.07 bits per heavy atom. The van der Waals surface area contributed by atoms with Crippen LogP contribution >= 0.6 is 11.6 Å². The van der Waals surface area contributed by atoms with Gasteiger partial charge in [-0.2, -0.15) is 0 Å². The van der Waals surface area contributed by atoms with Crippen molar-refractivity contribution in [3.63, 3.8) is 0 Å². The van der Waals surface area contributed by atoms with Crippen LogP contribution in [0.2, 0.25) is 5.02 Å². The fraction of sp³-hybridized carbons (Fsp3) is 0.600. The molecule has 1 N–H and O–H groups in total. The maximum absolute atomic E-state index is 12.3.